The SMILES string of the molecule is CN(CCCS(=O)(=O)N1CC[CH]CC1)C1CCC1. The number of hydrogen-bond donors (Lipinski definition) is 0. The zero-order chi connectivity index (χ0) is 13.0. The summed E-state index contributed by atoms with van der Waals surface area (Å²) in [6, 6.07) is 0.706. The summed E-state index contributed by atoms with van der Waals surface area (Å²) < 4.78 is 25.9. The summed E-state index contributed by atoms with van der Waals surface area (Å²) in [6.07, 6.45) is 8.64. The first-order chi connectivity index (χ1) is 8.59. The third kappa shape index (κ3) is 3.68. The van der Waals surface area contributed by atoms with Crippen LogP contribution in [0.15, 0.2) is 0 Å². The number of hydrogen-bond acceptors (Lipinski definition) is 3. The smallest absolute Gasteiger partial charge is 0.214 e. The average Bonchev–Trinajstić information content (AvgIpc) is 2.27. The summed E-state index contributed by atoms with van der Waals surface area (Å²) in [5, 5.41) is 0. The number of rotatable bonds is 6. The number of sulfonamides is 1. The van der Waals surface area contributed by atoms with Crippen LogP contribution >= 0.6 is 0 Å². The Bertz CT molecular complexity index is 346. The second-order valence-corrected chi connectivity index (χ2v) is 7.59. The van der Waals surface area contributed by atoms with E-state index in [2.05, 4.69) is 18.4 Å². The van der Waals surface area contributed by atoms with Gasteiger partial charge in [0.2, 0.25) is 10.0 Å². The van der Waals surface area contributed by atoms with Gasteiger partial charge in [0.15, 0.2) is 0 Å². The standard InChI is InChI=1S/C13H25N2O2S/c1-14(13-7-5-8-13)9-6-12-18(16,17)15-10-3-2-4-11-15/h2,13H,3-12H2,1H3. The molecule has 0 unspecified atom stereocenters. The van der Waals surface area contributed by atoms with Crippen LogP contribution in [-0.4, -0.2) is 56.1 Å². The molecule has 1 radical (unpaired) electrons. The predicted octanol–water partition coefficient (Wildman–Crippen LogP) is 1.49. The first kappa shape index (κ1) is 14.3. The van der Waals surface area contributed by atoms with Crippen LogP contribution in [0, 0.1) is 6.42 Å². The van der Waals surface area contributed by atoms with Crippen LogP contribution in [-0.2, 0) is 10.0 Å². The molecule has 1 saturated carbocycles. The third-order valence-corrected chi connectivity index (χ3v) is 6.13. The Hall–Kier alpha value is -0.130. The van der Waals surface area contributed by atoms with Gasteiger partial charge in [-0.1, -0.05) is 6.42 Å². The van der Waals surface area contributed by atoms with E-state index >= 15 is 0 Å². The van der Waals surface area contributed by atoms with Crippen molar-refractivity contribution in [3.63, 3.8) is 0 Å². The molecule has 0 atom stereocenters. The van der Waals surface area contributed by atoms with Crippen molar-refractivity contribution >= 4 is 10.0 Å². The van der Waals surface area contributed by atoms with E-state index in [1.165, 1.54) is 19.3 Å². The van der Waals surface area contributed by atoms with Gasteiger partial charge < -0.3 is 4.90 Å². The van der Waals surface area contributed by atoms with Gasteiger partial charge in [0, 0.05) is 19.1 Å². The van der Waals surface area contributed by atoms with Crippen LogP contribution in [0.2, 0.25) is 0 Å². The van der Waals surface area contributed by atoms with E-state index in [0.717, 1.165) is 25.8 Å². The molecule has 0 aromatic heterocycles. The minimum atomic E-state index is -3.01. The van der Waals surface area contributed by atoms with Gasteiger partial charge >= 0.3 is 0 Å². The zero-order valence-electron chi connectivity index (χ0n) is 11.3. The van der Waals surface area contributed by atoms with E-state index in [4.69, 9.17) is 0 Å². The Morgan fingerprint density at radius 2 is 1.94 bits per heavy atom. The van der Waals surface area contributed by atoms with E-state index in [9.17, 15) is 8.42 Å². The molecule has 18 heavy (non-hydrogen) atoms. The molecule has 1 saturated heterocycles. The molecule has 0 N–H and O–H groups in total. The van der Waals surface area contributed by atoms with Gasteiger partial charge in [0.05, 0.1) is 5.75 Å². The van der Waals surface area contributed by atoms with E-state index < -0.39 is 10.0 Å². The highest BCUT2D eigenvalue weighted by molar-refractivity contribution is 7.89. The Morgan fingerprint density at radius 1 is 1.28 bits per heavy atom. The highest BCUT2D eigenvalue weighted by atomic mass is 32.2. The lowest BCUT2D eigenvalue weighted by Crippen LogP contribution is -2.40. The first-order valence-corrected chi connectivity index (χ1v) is 8.70. The molecule has 1 heterocycles. The van der Waals surface area contributed by atoms with Gasteiger partial charge in [0.1, 0.15) is 0 Å². The van der Waals surface area contributed by atoms with Crippen LogP contribution < -0.4 is 0 Å². The molecule has 1 aliphatic heterocycles. The lowest BCUT2D eigenvalue weighted by atomic mass is 9.92. The maximum Gasteiger partial charge on any atom is 0.214 e. The molecule has 5 heteroatoms. The van der Waals surface area contributed by atoms with Crippen molar-refractivity contribution in [3.8, 4) is 0 Å². The van der Waals surface area contributed by atoms with Crippen LogP contribution in [0.3, 0.4) is 0 Å². The first-order valence-electron chi connectivity index (χ1n) is 7.09. The second kappa shape index (κ2) is 6.35. The van der Waals surface area contributed by atoms with Gasteiger partial charge in [-0.15, -0.1) is 0 Å². The molecule has 105 valence electrons. The van der Waals surface area contributed by atoms with Crippen LogP contribution in [0.4, 0.5) is 0 Å². The molecule has 2 aliphatic rings. The molecule has 4 nitrogen and oxygen atoms in total. The minimum absolute atomic E-state index is 0.310. The number of nitrogens with zero attached hydrogens (tertiary/aromatic N) is 2. The average molecular weight is 273 g/mol. The molecular formula is C13H25N2O2S. The lowest BCUT2D eigenvalue weighted by Gasteiger charge is -2.35. The fourth-order valence-electron chi connectivity index (χ4n) is 2.64. The largest absolute Gasteiger partial charge is 0.303 e. The Kier molecular flexibility index (Phi) is 5.04. The van der Waals surface area contributed by atoms with Gasteiger partial charge in [-0.05, 0) is 52.1 Å². The van der Waals surface area contributed by atoms with Crippen molar-refractivity contribution in [2.45, 2.75) is 44.6 Å². The third-order valence-electron chi connectivity index (χ3n) is 4.17. The molecule has 1 aliphatic carbocycles. The summed E-state index contributed by atoms with van der Waals surface area (Å²) >= 11 is 0. The molecule has 2 fully saturated rings. The summed E-state index contributed by atoms with van der Waals surface area (Å²) in [4.78, 5) is 2.32. The fraction of sp³-hybridized carbons (Fsp3) is 0.923. The Balaban J connectivity index is 1.70. The van der Waals surface area contributed by atoms with Gasteiger partial charge in [-0.2, -0.15) is 0 Å². The maximum absolute atomic E-state index is 12.1. The lowest BCUT2D eigenvalue weighted by molar-refractivity contribution is 0.160. The van der Waals surface area contributed by atoms with Crippen molar-refractivity contribution in [2.75, 3.05) is 32.4 Å². The van der Waals surface area contributed by atoms with Crippen molar-refractivity contribution in [1.29, 1.82) is 0 Å². The van der Waals surface area contributed by atoms with Crippen LogP contribution in [0.1, 0.15) is 38.5 Å². The highest BCUT2D eigenvalue weighted by Gasteiger charge is 2.25. The highest BCUT2D eigenvalue weighted by Crippen LogP contribution is 2.23. The van der Waals surface area contributed by atoms with Crippen molar-refractivity contribution in [3.05, 3.63) is 6.42 Å². The van der Waals surface area contributed by atoms with Gasteiger partial charge in [-0.3, -0.25) is 0 Å². The predicted molar refractivity (Wildman–Crippen MR) is 73.8 cm³/mol. The van der Waals surface area contributed by atoms with Crippen molar-refractivity contribution < 1.29 is 8.42 Å². The van der Waals surface area contributed by atoms with Gasteiger partial charge in [0.25, 0.3) is 0 Å². The molecule has 0 aromatic rings. The van der Waals surface area contributed by atoms with Crippen LogP contribution in [0.5, 0.6) is 0 Å². The summed E-state index contributed by atoms with van der Waals surface area (Å²) in [6.45, 7) is 2.27. The molecule has 0 spiro atoms. The van der Waals surface area contributed by atoms with Crippen molar-refractivity contribution in [2.24, 2.45) is 0 Å². The maximum atomic E-state index is 12.1. The van der Waals surface area contributed by atoms with E-state index in [-0.39, 0.29) is 0 Å². The quantitative estimate of drug-likeness (QED) is 0.736. The van der Waals surface area contributed by atoms with E-state index in [0.29, 0.717) is 24.9 Å². The molecule has 0 bridgehead atoms. The molecular weight excluding hydrogens is 248 g/mol. The van der Waals surface area contributed by atoms with Crippen molar-refractivity contribution in [1.82, 2.24) is 9.21 Å². The topological polar surface area (TPSA) is 40.6 Å². The van der Waals surface area contributed by atoms with E-state index in [1.807, 2.05) is 0 Å². The fourth-order valence-corrected chi connectivity index (χ4v) is 4.16. The van der Waals surface area contributed by atoms with E-state index in [1.54, 1.807) is 4.31 Å². The Labute approximate surface area is 111 Å². The van der Waals surface area contributed by atoms with Gasteiger partial charge in [-0.25, -0.2) is 12.7 Å². The summed E-state index contributed by atoms with van der Waals surface area (Å²) in [5.74, 6) is 0.310. The molecule has 2 rings (SSSR count). The minimum Gasteiger partial charge on any atom is -0.303 e. The zero-order valence-corrected chi connectivity index (χ0v) is 12.2. The molecule has 0 amide bonds. The Morgan fingerprint density at radius 3 is 2.50 bits per heavy atom. The summed E-state index contributed by atoms with van der Waals surface area (Å²) in [7, 11) is -0.889. The number of piperidine rings is 1. The second-order valence-electron chi connectivity index (χ2n) is 5.50. The van der Waals surface area contributed by atoms with Crippen LogP contribution in [0.25, 0.3) is 0 Å². The molecule has 0 aromatic carbocycles. The summed E-state index contributed by atoms with van der Waals surface area (Å²) in [5.41, 5.74) is 0. The normalized spacial score (nSPS) is 23.2. The monoisotopic (exact) mass is 273 g/mol.